The summed E-state index contributed by atoms with van der Waals surface area (Å²) in [6.07, 6.45) is 1.82. The van der Waals surface area contributed by atoms with Crippen molar-refractivity contribution in [3.8, 4) is 0 Å². The van der Waals surface area contributed by atoms with E-state index in [2.05, 4.69) is 30.4 Å². The number of hydrogen-bond acceptors (Lipinski definition) is 3. The molecule has 0 unspecified atom stereocenters. The maximum Gasteiger partial charge on any atom is 0.213 e. The molecule has 4 nitrogen and oxygen atoms in total. The molecule has 0 saturated carbocycles. The molecule has 2 heterocycles. The largest absolute Gasteiger partial charge is 0.384 e. The fraction of sp³-hybridized carbons (Fsp3) is 0.600. The molecule has 1 N–H and O–H groups in total. The van der Waals surface area contributed by atoms with Crippen LogP contribution in [0.2, 0.25) is 0 Å². The predicted molar refractivity (Wildman–Crippen MR) is 81.6 cm³/mol. The summed E-state index contributed by atoms with van der Waals surface area (Å²) < 4.78 is 25.6. The average Bonchev–Trinajstić information content (AvgIpc) is 2.78. The van der Waals surface area contributed by atoms with Gasteiger partial charge in [-0.1, -0.05) is 17.7 Å². The highest BCUT2D eigenvalue weighted by Gasteiger charge is 2.43. The zero-order valence-corrected chi connectivity index (χ0v) is 13.0. The summed E-state index contributed by atoms with van der Waals surface area (Å²) >= 11 is 0. The van der Waals surface area contributed by atoms with Crippen molar-refractivity contribution in [1.29, 1.82) is 0 Å². The molecule has 0 bridgehead atoms. The standard InChI is InChI=1S/C15H22N2O2S/c1-3-20(18,19)17-8-6-15(7-9-17)11-16-14-5-4-12(2)10-13(14)15/h4-5,10,16H,3,6-9,11H2,1-2H3. The summed E-state index contributed by atoms with van der Waals surface area (Å²) in [7, 11) is -3.04. The van der Waals surface area contributed by atoms with E-state index in [1.165, 1.54) is 16.8 Å². The second-order valence-electron chi connectivity index (χ2n) is 5.98. The minimum Gasteiger partial charge on any atom is -0.384 e. The average molecular weight is 294 g/mol. The number of nitrogens with zero attached hydrogens (tertiary/aromatic N) is 1. The molecule has 2 aliphatic heterocycles. The van der Waals surface area contributed by atoms with Gasteiger partial charge in [0, 0.05) is 30.7 Å². The van der Waals surface area contributed by atoms with Crippen LogP contribution in [0.4, 0.5) is 5.69 Å². The van der Waals surface area contributed by atoms with Crippen LogP contribution in [0.15, 0.2) is 18.2 Å². The van der Waals surface area contributed by atoms with Crippen molar-refractivity contribution in [2.45, 2.75) is 32.1 Å². The van der Waals surface area contributed by atoms with Crippen molar-refractivity contribution in [2.24, 2.45) is 0 Å². The number of rotatable bonds is 2. The number of anilines is 1. The van der Waals surface area contributed by atoms with Crippen LogP contribution in [0.25, 0.3) is 0 Å². The van der Waals surface area contributed by atoms with Gasteiger partial charge >= 0.3 is 0 Å². The molecule has 20 heavy (non-hydrogen) atoms. The zero-order valence-electron chi connectivity index (χ0n) is 12.1. The predicted octanol–water partition coefficient (Wildman–Crippen LogP) is 2.10. The van der Waals surface area contributed by atoms with E-state index in [1.54, 1.807) is 11.2 Å². The Labute approximate surface area is 121 Å². The van der Waals surface area contributed by atoms with Crippen LogP contribution in [0, 0.1) is 6.92 Å². The van der Waals surface area contributed by atoms with Gasteiger partial charge in [-0.25, -0.2) is 12.7 Å². The quantitative estimate of drug-likeness (QED) is 0.909. The highest BCUT2D eigenvalue weighted by molar-refractivity contribution is 7.89. The molecule has 0 atom stereocenters. The second-order valence-corrected chi connectivity index (χ2v) is 8.24. The van der Waals surface area contributed by atoms with Gasteiger partial charge in [0.25, 0.3) is 0 Å². The molecule has 2 aliphatic rings. The molecule has 0 amide bonds. The van der Waals surface area contributed by atoms with Crippen molar-refractivity contribution >= 4 is 15.7 Å². The van der Waals surface area contributed by atoms with E-state index in [9.17, 15) is 8.42 Å². The SMILES string of the molecule is CCS(=O)(=O)N1CCC2(CC1)CNc1ccc(C)cc12. The number of nitrogens with one attached hydrogen (secondary N) is 1. The van der Waals surface area contributed by atoms with Crippen molar-refractivity contribution in [1.82, 2.24) is 4.31 Å². The second kappa shape index (κ2) is 4.74. The summed E-state index contributed by atoms with van der Waals surface area (Å²) in [4.78, 5) is 0. The van der Waals surface area contributed by atoms with Gasteiger partial charge in [-0.05, 0) is 38.3 Å². The molecular formula is C15H22N2O2S. The Morgan fingerprint density at radius 1 is 1.30 bits per heavy atom. The highest BCUT2D eigenvalue weighted by Crippen LogP contribution is 2.44. The van der Waals surface area contributed by atoms with Gasteiger partial charge in [-0.2, -0.15) is 0 Å². The van der Waals surface area contributed by atoms with Gasteiger partial charge in [0.2, 0.25) is 10.0 Å². The maximum atomic E-state index is 12.0. The third-order valence-electron chi connectivity index (χ3n) is 4.80. The number of aryl methyl sites for hydroxylation is 1. The Kier molecular flexibility index (Phi) is 3.29. The first-order valence-electron chi connectivity index (χ1n) is 7.30. The van der Waals surface area contributed by atoms with Gasteiger partial charge in [0.15, 0.2) is 0 Å². The Morgan fingerprint density at radius 3 is 2.65 bits per heavy atom. The molecule has 1 aromatic rings. The lowest BCUT2D eigenvalue weighted by Crippen LogP contribution is -2.46. The van der Waals surface area contributed by atoms with Gasteiger partial charge in [0.1, 0.15) is 0 Å². The number of fused-ring (bicyclic) bond motifs is 2. The molecule has 0 aromatic heterocycles. The number of piperidine rings is 1. The Balaban J connectivity index is 1.84. The first-order chi connectivity index (χ1) is 9.47. The molecular weight excluding hydrogens is 272 g/mol. The summed E-state index contributed by atoms with van der Waals surface area (Å²) in [5, 5.41) is 3.49. The normalized spacial score (nSPS) is 21.7. The van der Waals surface area contributed by atoms with Crippen LogP contribution < -0.4 is 5.32 Å². The summed E-state index contributed by atoms with van der Waals surface area (Å²) in [6.45, 7) is 6.06. The fourth-order valence-electron chi connectivity index (χ4n) is 3.43. The third kappa shape index (κ3) is 2.13. The topological polar surface area (TPSA) is 49.4 Å². The number of benzene rings is 1. The molecule has 0 aliphatic carbocycles. The van der Waals surface area contributed by atoms with E-state index < -0.39 is 10.0 Å². The Hall–Kier alpha value is -1.07. The van der Waals surface area contributed by atoms with Gasteiger partial charge < -0.3 is 5.32 Å². The number of sulfonamides is 1. The van der Waals surface area contributed by atoms with Crippen LogP contribution in [0.3, 0.4) is 0 Å². The lowest BCUT2D eigenvalue weighted by molar-refractivity contribution is 0.249. The van der Waals surface area contributed by atoms with Crippen molar-refractivity contribution in [2.75, 3.05) is 30.7 Å². The molecule has 110 valence electrons. The minimum absolute atomic E-state index is 0.126. The Morgan fingerprint density at radius 2 is 2.00 bits per heavy atom. The highest BCUT2D eigenvalue weighted by atomic mass is 32.2. The molecule has 3 rings (SSSR count). The molecule has 5 heteroatoms. The third-order valence-corrected chi connectivity index (χ3v) is 6.68. The monoisotopic (exact) mass is 294 g/mol. The Bertz CT molecular complexity index is 617. The summed E-state index contributed by atoms with van der Waals surface area (Å²) in [6, 6.07) is 6.54. The zero-order chi connectivity index (χ0) is 14.4. The van der Waals surface area contributed by atoms with Crippen LogP contribution >= 0.6 is 0 Å². The van der Waals surface area contributed by atoms with Crippen molar-refractivity contribution in [3.63, 3.8) is 0 Å². The molecule has 0 radical (unpaired) electrons. The maximum absolute atomic E-state index is 12.0. The van der Waals surface area contributed by atoms with E-state index in [0.29, 0.717) is 13.1 Å². The van der Waals surface area contributed by atoms with Crippen LogP contribution in [-0.2, 0) is 15.4 Å². The van der Waals surface area contributed by atoms with E-state index in [1.807, 2.05) is 0 Å². The molecule has 1 fully saturated rings. The molecule has 1 saturated heterocycles. The van der Waals surface area contributed by atoms with Gasteiger partial charge in [0.05, 0.1) is 5.75 Å². The lowest BCUT2D eigenvalue weighted by atomic mass is 9.74. The lowest BCUT2D eigenvalue weighted by Gasteiger charge is -2.38. The fourth-order valence-corrected chi connectivity index (χ4v) is 4.54. The molecule has 1 aromatic carbocycles. The van der Waals surface area contributed by atoms with Gasteiger partial charge in [-0.15, -0.1) is 0 Å². The van der Waals surface area contributed by atoms with E-state index >= 15 is 0 Å². The van der Waals surface area contributed by atoms with Crippen molar-refractivity contribution < 1.29 is 8.42 Å². The number of hydrogen-bond donors (Lipinski definition) is 1. The van der Waals surface area contributed by atoms with Crippen LogP contribution in [0.1, 0.15) is 30.9 Å². The van der Waals surface area contributed by atoms with E-state index in [0.717, 1.165) is 19.4 Å². The van der Waals surface area contributed by atoms with Crippen LogP contribution in [0.5, 0.6) is 0 Å². The molecule has 1 spiro atoms. The van der Waals surface area contributed by atoms with E-state index in [-0.39, 0.29) is 11.2 Å². The van der Waals surface area contributed by atoms with Gasteiger partial charge in [-0.3, -0.25) is 0 Å². The van der Waals surface area contributed by atoms with Crippen LogP contribution in [-0.4, -0.2) is 38.1 Å². The van der Waals surface area contributed by atoms with E-state index in [4.69, 9.17) is 0 Å². The minimum atomic E-state index is -3.04. The summed E-state index contributed by atoms with van der Waals surface area (Å²) in [5.74, 6) is 0.202. The smallest absolute Gasteiger partial charge is 0.213 e. The van der Waals surface area contributed by atoms with Crippen molar-refractivity contribution in [3.05, 3.63) is 29.3 Å². The first-order valence-corrected chi connectivity index (χ1v) is 8.91. The first kappa shape index (κ1) is 13.9. The summed E-state index contributed by atoms with van der Waals surface area (Å²) in [5.41, 5.74) is 4.00.